The summed E-state index contributed by atoms with van der Waals surface area (Å²) in [6, 6.07) is 0. The molecule has 11 atom stereocenters. The van der Waals surface area contributed by atoms with Gasteiger partial charge >= 0.3 is 0 Å². The lowest BCUT2D eigenvalue weighted by Gasteiger charge is -2.57. The Kier molecular flexibility index (Phi) is 7.94. The van der Waals surface area contributed by atoms with Crippen LogP contribution in [0.15, 0.2) is 46.6 Å². The van der Waals surface area contributed by atoms with Crippen molar-refractivity contribution in [3.63, 3.8) is 0 Å². The van der Waals surface area contributed by atoms with Crippen LogP contribution < -0.4 is 0 Å². The number of allylic oxidation sites excluding steroid dienone is 5. The van der Waals surface area contributed by atoms with Crippen molar-refractivity contribution >= 4 is 17.3 Å². The minimum Gasteiger partial charge on any atom is -0.389 e. The van der Waals surface area contributed by atoms with Crippen molar-refractivity contribution in [2.45, 2.75) is 138 Å². The Hall–Kier alpha value is -2.07. The highest BCUT2D eigenvalue weighted by atomic mass is 16.3. The van der Waals surface area contributed by atoms with Gasteiger partial charge in [0.05, 0.1) is 6.10 Å². The molecule has 0 bridgehead atoms. The fourth-order valence-corrected chi connectivity index (χ4v) is 13.7. The average molecular weight is 627 g/mol. The van der Waals surface area contributed by atoms with E-state index in [4.69, 9.17) is 0 Å². The Morgan fingerprint density at radius 2 is 1.15 bits per heavy atom. The van der Waals surface area contributed by atoms with Gasteiger partial charge in [0.2, 0.25) is 0 Å². The van der Waals surface area contributed by atoms with E-state index in [-0.39, 0.29) is 27.8 Å². The van der Waals surface area contributed by atoms with Gasteiger partial charge in [-0.1, -0.05) is 51.0 Å². The number of aliphatic hydroxyl groups excluding tert-OH is 1. The third-order valence-electron chi connectivity index (χ3n) is 16.1. The van der Waals surface area contributed by atoms with Crippen LogP contribution in [-0.4, -0.2) is 28.6 Å². The lowest BCUT2D eigenvalue weighted by Crippen LogP contribution is -2.49. The van der Waals surface area contributed by atoms with Crippen molar-refractivity contribution in [1.82, 2.24) is 0 Å². The van der Waals surface area contributed by atoms with Gasteiger partial charge in [-0.2, -0.15) is 0 Å². The summed E-state index contributed by atoms with van der Waals surface area (Å²) in [6.45, 7) is 13.7. The summed E-state index contributed by atoms with van der Waals surface area (Å²) in [4.78, 5) is 36.2. The Balaban J connectivity index is 0.000000147. The third-order valence-corrected chi connectivity index (χ3v) is 16.1. The zero-order valence-corrected chi connectivity index (χ0v) is 29.4. The second-order valence-corrected chi connectivity index (χ2v) is 17.7. The van der Waals surface area contributed by atoms with E-state index < -0.39 is 0 Å². The molecule has 6 saturated carbocycles. The second-order valence-electron chi connectivity index (χ2n) is 17.7. The van der Waals surface area contributed by atoms with Crippen LogP contribution in [0.5, 0.6) is 0 Å². The molecular weight excluding hydrogens is 568 g/mol. The van der Waals surface area contributed by atoms with E-state index in [0.29, 0.717) is 53.4 Å². The number of hydrogen-bond acceptors (Lipinski definition) is 4. The van der Waals surface area contributed by atoms with Gasteiger partial charge in [-0.25, -0.2) is 0 Å². The van der Waals surface area contributed by atoms with Crippen LogP contribution in [-0.2, 0) is 14.4 Å². The lowest BCUT2D eigenvalue weighted by molar-refractivity contribution is -0.118. The highest BCUT2D eigenvalue weighted by Gasteiger charge is 2.61. The molecule has 8 aliphatic carbocycles. The fourth-order valence-electron chi connectivity index (χ4n) is 13.7. The molecule has 0 heterocycles. The van der Waals surface area contributed by atoms with Gasteiger partial charge < -0.3 is 5.11 Å². The van der Waals surface area contributed by atoms with Gasteiger partial charge in [0.1, 0.15) is 0 Å². The van der Waals surface area contributed by atoms with E-state index in [1.807, 2.05) is 19.1 Å². The Morgan fingerprint density at radius 3 is 1.67 bits per heavy atom. The van der Waals surface area contributed by atoms with Crippen molar-refractivity contribution in [2.24, 2.45) is 57.2 Å². The van der Waals surface area contributed by atoms with E-state index in [1.54, 1.807) is 0 Å². The van der Waals surface area contributed by atoms with Crippen molar-refractivity contribution in [1.29, 1.82) is 0 Å². The lowest BCUT2D eigenvalue weighted by atomic mass is 9.47. The molecule has 4 nitrogen and oxygen atoms in total. The average Bonchev–Trinajstić information content (AvgIpc) is 3.44. The van der Waals surface area contributed by atoms with Crippen LogP contribution in [0, 0.1) is 57.2 Å². The molecule has 11 unspecified atom stereocenters. The molecule has 0 spiro atoms. The van der Waals surface area contributed by atoms with Crippen LogP contribution in [0.25, 0.3) is 0 Å². The maximum Gasteiger partial charge on any atom is 0.159 e. The molecule has 0 saturated heterocycles. The molecule has 1 N–H and O–H groups in total. The zero-order valence-electron chi connectivity index (χ0n) is 29.4. The Labute approximate surface area is 277 Å². The number of fused-ring (bicyclic) bond motifs is 10. The maximum absolute atomic E-state index is 12.5. The molecule has 46 heavy (non-hydrogen) atoms. The van der Waals surface area contributed by atoms with Gasteiger partial charge in [-0.05, 0) is 165 Å². The van der Waals surface area contributed by atoms with Crippen LogP contribution >= 0.6 is 0 Å². The number of rotatable bonds is 0. The van der Waals surface area contributed by atoms with E-state index in [2.05, 4.69) is 46.8 Å². The highest BCUT2D eigenvalue weighted by molar-refractivity contribution is 5.99. The SMILES string of the molecule is CC=C1C(=O)CC2C3CCC4=CC(=O)CCC4(C)C3CCC12C.CC=C1C(O)CC2C3CCC4=CC(=O)CCC4(C)C3CCC12C. The van der Waals surface area contributed by atoms with Crippen LogP contribution in [0.3, 0.4) is 0 Å². The van der Waals surface area contributed by atoms with Crippen molar-refractivity contribution in [3.8, 4) is 0 Å². The first-order chi connectivity index (χ1) is 21.8. The summed E-state index contributed by atoms with van der Waals surface area (Å²) in [5.74, 6) is 4.95. The van der Waals surface area contributed by atoms with Gasteiger partial charge in [0.25, 0.3) is 0 Å². The zero-order chi connectivity index (χ0) is 32.8. The van der Waals surface area contributed by atoms with Gasteiger partial charge in [-0.3, -0.25) is 14.4 Å². The second kappa shape index (κ2) is 11.2. The van der Waals surface area contributed by atoms with Crippen LogP contribution in [0.1, 0.15) is 131 Å². The number of Topliss-reactive ketones (excluding diaryl/α,β-unsaturated/α-hetero) is 1. The minimum atomic E-state index is -0.230. The molecule has 250 valence electrons. The Morgan fingerprint density at radius 1 is 0.630 bits per heavy atom. The molecule has 8 aliphatic rings. The van der Waals surface area contributed by atoms with Crippen LogP contribution in [0.4, 0.5) is 0 Å². The fraction of sp³-hybridized carbons (Fsp3) is 0.738. The minimum absolute atomic E-state index is 0.106. The normalized spacial score (nSPS) is 49.5. The summed E-state index contributed by atoms with van der Waals surface area (Å²) in [7, 11) is 0. The predicted molar refractivity (Wildman–Crippen MR) is 183 cm³/mol. The molecular formula is C42H58O4. The number of hydrogen-bond donors (Lipinski definition) is 1. The third kappa shape index (κ3) is 4.57. The first-order valence-electron chi connectivity index (χ1n) is 18.8. The number of carbonyl (C=O) groups excluding carboxylic acids is 3. The summed E-state index contributed by atoms with van der Waals surface area (Å²) in [6.07, 6.45) is 22.5. The summed E-state index contributed by atoms with van der Waals surface area (Å²) in [5, 5.41) is 10.6. The van der Waals surface area contributed by atoms with Crippen LogP contribution in [0.2, 0.25) is 0 Å². The summed E-state index contributed by atoms with van der Waals surface area (Å²) < 4.78 is 0. The monoisotopic (exact) mass is 626 g/mol. The largest absolute Gasteiger partial charge is 0.389 e. The first-order valence-corrected chi connectivity index (χ1v) is 18.8. The predicted octanol–water partition coefficient (Wildman–Crippen LogP) is 9.08. The van der Waals surface area contributed by atoms with Gasteiger partial charge in [0, 0.05) is 19.3 Å². The molecule has 0 aromatic rings. The number of carbonyl (C=O) groups is 3. The number of aliphatic hydroxyl groups is 1. The van der Waals surface area contributed by atoms with Crippen molar-refractivity contribution in [3.05, 3.63) is 46.6 Å². The molecule has 0 radical (unpaired) electrons. The van der Waals surface area contributed by atoms with E-state index in [9.17, 15) is 19.5 Å². The Bertz CT molecular complexity index is 1460. The van der Waals surface area contributed by atoms with Crippen molar-refractivity contribution < 1.29 is 19.5 Å². The maximum atomic E-state index is 12.5. The molecule has 0 aromatic heterocycles. The quantitative estimate of drug-likeness (QED) is 0.215. The first kappa shape index (κ1) is 32.5. The smallest absolute Gasteiger partial charge is 0.159 e. The highest BCUT2D eigenvalue weighted by Crippen LogP contribution is 2.67. The van der Waals surface area contributed by atoms with Gasteiger partial charge in [-0.15, -0.1) is 0 Å². The number of ketones is 3. The molecule has 4 heteroatoms. The van der Waals surface area contributed by atoms with E-state index in [0.717, 1.165) is 62.9 Å². The molecule has 6 fully saturated rings. The molecule has 0 aromatic carbocycles. The van der Waals surface area contributed by atoms with E-state index >= 15 is 0 Å². The summed E-state index contributed by atoms with van der Waals surface area (Å²) >= 11 is 0. The molecule has 0 aliphatic heterocycles. The molecule has 8 rings (SSSR count). The van der Waals surface area contributed by atoms with Crippen molar-refractivity contribution in [2.75, 3.05) is 0 Å². The van der Waals surface area contributed by atoms with Gasteiger partial charge in [0.15, 0.2) is 17.3 Å². The standard InChI is InChI=1S/C21H30O2.C21H28O2/c2*1-4-16-19(23)12-18-15-6-5-13-11-14(22)7-9-20(13,2)17(15)8-10-21(16,18)3/h4,11,15,17-19,23H,5-10,12H2,1-3H3;4,11,15,17-18H,5-10,12H2,1-3H3. The topological polar surface area (TPSA) is 71.4 Å². The summed E-state index contributed by atoms with van der Waals surface area (Å²) in [5.41, 5.74) is 6.00. The molecule has 0 amide bonds. The van der Waals surface area contributed by atoms with E-state index in [1.165, 1.54) is 48.8 Å².